The predicted octanol–water partition coefficient (Wildman–Crippen LogP) is 1.62. The van der Waals surface area contributed by atoms with Gasteiger partial charge in [-0.05, 0) is 51.7 Å². The molecule has 2 aliphatic heterocycles. The van der Waals surface area contributed by atoms with Gasteiger partial charge in [-0.2, -0.15) is 0 Å². The van der Waals surface area contributed by atoms with Crippen LogP contribution in [0.25, 0.3) is 10.9 Å². The molecule has 0 spiro atoms. The van der Waals surface area contributed by atoms with Crippen LogP contribution < -0.4 is 20.9 Å². The second kappa shape index (κ2) is 10.9. The molecule has 4 rings (SSSR count). The molecule has 2 aliphatic rings. The lowest BCUT2D eigenvalue weighted by molar-refractivity contribution is 0.0530. The van der Waals surface area contributed by atoms with Crippen molar-refractivity contribution in [3.8, 4) is 5.75 Å². The molecule has 2 bridgehead atoms. The number of carbonyl (C=O) groups excluding carboxylic acids is 1. The second-order valence-electron chi connectivity index (χ2n) is 10.3. The first-order valence-corrected chi connectivity index (χ1v) is 14.5. The summed E-state index contributed by atoms with van der Waals surface area (Å²) in [4.78, 5) is 28.0. The molecule has 2 aromatic rings. The summed E-state index contributed by atoms with van der Waals surface area (Å²) in [6.45, 7) is 4.49. The molecule has 0 radical (unpaired) electrons. The average molecular weight is 521 g/mol. The van der Waals surface area contributed by atoms with Crippen molar-refractivity contribution in [2.45, 2.75) is 69.8 Å². The number of hydrogen-bond donors (Lipinski definition) is 3. The molecule has 1 amide bonds. The molecular weight excluding hydrogens is 484 g/mol. The van der Waals surface area contributed by atoms with Crippen molar-refractivity contribution in [1.29, 1.82) is 0 Å². The van der Waals surface area contributed by atoms with Crippen LogP contribution in [0.2, 0.25) is 0 Å². The quantitative estimate of drug-likeness (QED) is 0.455. The van der Waals surface area contributed by atoms with E-state index in [1.54, 1.807) is 10.6 Å². The fraction of sp³-hybridized carbons (Fsp3) is 0.600. The van der Waals surface area contributed by atoms with E-state index < -0.39 is 22.0 Å². The smallest absolute Gasteiger partial charge is 0.404 e. The topological polar surface area (TPSA) is 130 Å². The minimum Gasteiger partial charge on any atom is -0.404 e. The van der Waals surface area contributed by atoms with Crippen molar-refractivity contribution in [3.63, 3.8) is 0 Å². The van der Waals surface area contributed by atoms with Gasteiger partial charge in [0.2, 0.25) is 0 Å². The van der Waals surface area contributed by atoms with Crippen LogP contribution in [0.4, 0.5) is 4.79 Å². The summed E-state index contributed by atoms with van der Waals surface area (Å²) >= 11 is 0. The molecule has 198 valence electrons. The van der Waals surface area contributed by atoms with Gasteiger partial charge in [0.25, 0.3) is 5.56 Å². The summed E-state index contributed by atoms with van der Waals surface area (Å²) in [6.07, 6.45) is 3.23. The predicted molar refractivity (Wildman–Crippen MR) is 138 cm³/mol. The van der Waals surface area contributed by atoms with Crippen LogP contribution in [0.3, 0.4) is 0 Å². The normalized spacial score (nSPS) is 23.2. The van der Waals surface area contributed by atoms with Crippen LogP contribution in [-0.4, -0.2) is 78.5 Å². The maximum Gasteiger partial charge on any atom is 0.413 e. The van der Waals surface area contributed by atoms with Crippen LogP contribution in [0.5, 0.6) is 5.75 Å². The third-order valence-corrected chi connectivity index (χ3v) is 7.73. The van der Waals surface area contributed by atoms with Gasteiger partial charge in [-0.3, -0.25) is 9.69 Å². The highest BCUT2D eigenvalue weighted by Gasteiger charge is 2.41. The monoisotopic (exact) mass is 520 g/mol. The largest absolute Gasteiger partial charge is 0.413 e. The fourth-order valence-corrected chi connectivity index (χ4v) is 6.04. The molecular formula is C25H36N4O6S. The molecule has 1 aromatic heterocycles. The zero-order valence-corrected chi connectivity index (χ0v) is 21.8. The maximum atomic E-state index is 13.0. The van der Waals surface area contributed by atoms with Crippen molar-refractivity contribution in [1.82, 2.24) is 20.1 Å². The number of para-hydroxylation sites is 1. The minimum atomic E-state index is -3.13. The number of ether oxygens (including phenoxy) is 1. The minimum absolute atomic E-state index is 0.00465. The zero-order valence-electron chi connectivity index (χ0n) is 21.0. The molecule has 3 N–H and O–H groups in total. The number of nitrogens with zero attached hydrogens (tertiary/aromatic N) is 2. The number of carbonyl (C=O) groups is 1. The molecule has 1 unspecified atom stereocenters. The molecule has 4 atom stereocenters. The summed E-state index contributed by atoms with van der Waals surface area (Å²) in [5, 5.41) is 16.9. The first kappa shape index (κ1) is 26.6. The fourth-order valence-electron chi connectivity index (χ4n) is 5.55. The van der Waals surface area contributed by atoms with E-state index in [-0.39, 0.29) is 47.9 Å². The Bertz CT molecular complexity index is 1250. The van der Waals surface area contributed by atoms with E-state index >= 15 is 0 Å². The van der Waals surface area contributed by atoms with E-state index in [9.17, 15) is 23.1 Å². The number of aliphatic hydroxyl groups is 1. The van der Waals surface area contributed by atoms with Crippen molar-refractivity contribution in [2.75, 3.05) is 25.2 Å². The van der Waals surface area contributed by atoms with Gasteiger partial charge in [0.1, 0.15) is 0 Å². The third kappa shape index (κ3) is 6.26. The Labute approximate surface area is 211 Å². The van der Waals surface area contributed by atoms with Crippen molar-refractivity contribution in [2.24, 2.45) is 0 Å². The number of sulfone groups is 1. The summed E-state index contributed by atoms with van der Waals surface area (Å²) in [5.74, 6) is -0.158. The molecule has 10 nitrogen and oxygen atoms in total. The van der Waals surface area contributed by atoms with Gasteiger partial charge in [0, 0.05) is 48.9 Å². The Morgan fingerprint density at radius 3 is 2.50 bits per heavy atom. The SMILES string of the molecule is CC(C)n1c(=O)c(OC(=O)NC2C[C@H]3CC[C@@H](C2)N3C[C@@H](O)CNCS(C)(=O)=O)cc2ccccc21. The van der Waals surface area contributed by atoms with E-state index in [0.29, 0.717) is 6.54 Å². The highest BCUT2D eigenvalue weighted by atomic mass is 32.2. The molecule has 2 fully saturated rings. The number of piperidine rings is 1. The Morgan fingerprint density at radius 2 is 1.86 bits per heavy atom. The molecule has 2 saturated heterocycles. The van der Waals surface area contributed by atoms with Gasteiger partial charge in [-0.25, -0.2) is 13.2 Å². The molecule has 11 heteroatoms. The molecule has 3 heterocycles. The standard InChI is InChI=1S/C25H36N4O6S/c1-16(2)29-22-7-5-4-6-17(22)10-23(24(29)31)35-25(32)27-18-11-19-8-9-20(12-18)28(19)14-21(30)13-26-15-36(3,33)34/h4-7,10,16,18-21,26,30H,8-9,11-15H2,1-3H3,(H,27,32)/t18?,19-,20+,21-/m0/s1. The number of amides is 1. The van der Waals surface area contributed by atoms with Crippen molar-refractivity contribution >= 4 is 26.8 Å². The number of rotatable bonds is 9. The van der Waals surface area contributed by atoms with E-state index in [4.69, 9.17) is 4.74 Å². The van der Waals surface area contributed by atoms with Crippen LogP contribution in [0.15, 0.2) is 35.1 Å². The third-order valence-electron chi connectivity index (χ3n) is 7.00. The second-order valence-corrected chi connectivity index (χ2v) is 12.4. The Kier molecular flexibility index (Phi) is 8.03. The number of aliphatic hydroxyl groups excluding tert-OH is 1. The zero-order chi connectivity index (χ0) is 26.0. The lowest BCUT2D eigenvalue weighted by atomic mass is 9.97. The number of nitrogens with one attached hydrogen (secondary N) is 2. The number of benzene rings is 1. The highest BCUT2D eigenvalue weighted by Crippen LogP contribution is 2.35. The van der Waals surface area contributed by atoms with Crippen LogP contribution >= 0.6 is 0 Å². The lowest BCUT2D eigenvalue weighted by Crippen LogP contribution is -2.53. The van der Waals surface area contributed by atoms with Gasteiger partial charge in [0.15, 0.2) is 15.6 Å². The molecule has 0 saturated carbocycles. The van der Waals surface area contributed by atoms with Crippen LogP contribution in [0, 0.1) is 0 Å². The average Bonchev–Trinajstić information content (AvgIpc) is 3.00. The molecule has 0 aliphatic carbocycles. The maximum absolute atomic E-state index is 13.0. The van der Waals surface area contributed by atoms with Gasteiger partial charge < -0.3 is 25.0 Å². The van der Waals surface area contributed by atoms with Crippen LogP contribution in [-0.2, 0) is 9.84 Å². The summed E-state index contributed by atoms with van der Waals surface area (Å²) < 4.78 is 29.7. The van der Waals surface area contributed by atoms with Gasteiger partial charge in [-0.15, -0.1) is 0 Å². The van der Waals surface area contributed by atoms with E-state index in [1.807, 2.05) is 38.1 Å². The lowest BCUT2D eigenvalue weighted by Gasteiger charge is -2.39. The Morgan fingerprint density at radius 1 is 1.19 bits per heavy atom. The summed E-state index contributed by atoms with van der Waals surface area (Å²) in [6, 6.07) is 9.39. The molecule has 1 aromatic carbocycles. The van der Waals surface area contributed by atoms with Crippen molar-refractivity contribution < 1.29 is 23.1 Å². The number of hydrogen-bond acceptors (Lipinski definition) is 8. The summed E-state index contributed by atoms with van der Waals surface area (Å²) in [5.41, 5.74) is 0.454. The number of fused-ring (bicyclic) bond motifs is 3. The van der Waals surface area contributed by atoms with E-state index in [2.05, 4.69) is 15.5 Å². The van der Waals surface area contributed by atoms with Crippen LogP contribution in [0.1, 0.15) is 45.6 Å². The van der Waals surface area contributed by atoms with Crippen molar-refractivity contribution in [3.05, 3.63) is 40.7 Å². The Balaban J connectivity index is 1.35. The first-order chi connectivity index (χ1) is 17.0. The number of aromatic nitrogens is 1. The summed E-state index contributed by atoms with van der Waals surface area (Å²) in [7, 11) is -3.13. The Hall–Kier alpha value is -2.47. The molecule has 36 heavy (non-hydrogen) atoms. The van der Waals surface area contributed by atoms with Gasteiger partial charge in [-0.1, -0.05) is 18.2 Å². The van der Waals surface area contributed by atoms with E-state index in [1.165, 1.54) is 0 Å². The highest BCUT2D eigenvalue weighted by molar-refractivity contribution is 7.90. The number of pyridine rings is 1. The van der Waals surface area contributed by atoms with Gasteiger partial charge >= 0.3 is 6.09 Å². The first-order valence-electron chi connectivity index (χ1n) is 12.5. The van der Waals surface area contributed by atoms with Gasteiger partial charge in [0.05, 0.1) is 17.5 Å². The van der Waals surface area contributed by atoms with E-state index in [0.717, 1.165) is 42.8 Å².